The van der Waals surface area contributed by atoms with Crippen LogP contribution in [0.2, 0.25) is 0 Å². The minimum absolute atomic E-state index is 0.242. The molecule has 8 rings (SSSR count). The smallest absolute Gasteiger partial charge is 0.0580 e. The summed E-state index contributed by atoms with van der Waals surface area (Å²) in [5.74, 6) is 0.522. The summed E-state index contributed by atoms with van der Waals surface area (Å²) in [6.45, 7) is 4.58. The van der Waals surface area contributed by atoms with Crippen molar-refractivity contribution < 1.29 is 0 Å². The van der Waals surface area contributed by atoms with Crippen LogP contribution in [0.1, 0.15) is 36.2 Å². The summed E-state index contributed by atoms with van der Waals surface area (Å²) in [6.07, 6.45) is 11.8. The highest BCUT2D eigenvalue weighted by Crippen LogP contribution is 2.35. The zero-order valence-corrected chi connectivity index (χ0v) is 23.0. The molecule has 2 heteroatoms. The van der Waals surface area contributed by atoms with E-state index in [1.165, 1.54) is 66.0 Å². The van der Waals surface area contributed by atoms with Gasteiger partial charge < -0.3 is 9.13 Å². The van der Waals surface area contributed by atoms with Crippen LogP contribution in [-0.2, 0) is 6.42 Å². The molecule has 0 aliphatic heterocycles. The number of aromatic nitrogens is 2. The molecule has 194 valence electrons. The lowest BCUT2D eigenvalue weighted by atomic mass is 9.94. The van der Waals surface area contributed by atoms with E-state index in [-0.39, 0.29) is 6.04 Å². The Kier molecular flexibility index (Phi) is 5.25. The van der Waals surface area contributed by atoms with Gasteiger partial charge in [0, 0.05) is 44.0 Å². The number of hydrogen-bond acceptors (Lipinski definition) is 0. The molecule has 2 heterocycles. The molecule has 2 aliphatic rings. The van der Waals surface area contributed by atoms with Crippen LogP contribution in [0, 0.1) is 12.8 Å². The molecule has 6 aromatic rings. The zero-order valence-electron chi connectivity index (χ0n) is 23.0. The average molecular weight is 517 g/mol. The Balaban J connectivity index is 1.41. The lowest BCUT2D eigenvalue weighted by Crippen LogP contribution is -2.34. The molecule has 0 radical (unpaired) electrons. The van der Waals surface area contributed by atoms with Crippen LogP contribution in [0.25, 0.3) is 56.8 Å². The molecule has 0 N–H and O–H groups in total. The Labute approximate surface area is 234 Å². The van der Waals surface area contributed by atoms with Crippen molar-refractivity contribution in [2.45, 2.75) is 32.7 Å². The van der Waals surface area contributed by atoms with Gasteiger partial charge in [-0.2, -0.15) is 0 Å². The summed E-state index contributed by atoms with van der Waals surface area (Å²) in [7, 11) is 0. The molecule has 0 amide bonds. The summed E-state index contributed by atoms with van der Waals surface area (Å²) in [4.78, 5) is 0. The van der Waals surface area contributed by atoms with Crippen LogP contribution >= 0.6 is 0 Å². The predicted octanol–water partition coefficient (Wildman–Crippen LogP) is 7.97. The average Bonchev–Trinajstić information content (AvgIpc) is 3.50. The maximum atomic E-state index is 2.59. The summed E-state index contributed by atoms with van der Waals surface area (Å²) in [6, 6.07) is 35.7. The van der Waals surface area contributed by atoms with E-state index in [4.69, 9.17) is 0 Å². The number of benzene rings is 4. The fourth-order valence-corrected chi connectivity index (χ4v) is 6.99. The third-order valence-corrected chi connectivity index (χ3v) is 8.91. The van der Waals surface area contributed by atoms with E-state index in [0.29, 0.717) is 5.92 Å². The van der Waals surface area contributed by atoms with E-state index >= 15 is 0 Å². The quantitative estimate of drug-likeness (QED) is 0.226. The number of fused-ring (bicyclic) bond motifs is 6. The van der Waals surface area contributed by atoms with Gasteiger partial charge in [-0.05, 0) is 66.6 Å². The molecule has 4 aromatic carbocycles. The molecule has 40 heavy (non-hydrogen) atoms. The SMILES string of the molecule is Cc1ccc(-c2ccccc2)cc1-n1c2c(c3c1=CC(n1c4ccccc4c4ccccc41)CC=3)C=CC(C)C2. The van der Waals surface area contributed by atoms with Gasteiger partial charge >= 0.3 is 0 Å². The fraction of sp³-hybridized carbons (Fsp3) is 0.158. The van der Waals surface area contributed by atoms with Gasteiger partial charge in [-0.15, -0.1) is 0 Å². The van der Waals surface area contributed by atoms with E-state index in [1.54, 1.807) is 0 Å². The normalized spacial score (nSPS) is 17.9. The van der Waals surface area contributed by atoms with Gasteiger partial charge in [0.25, 0.3) is 0 Å². The summed E-state index contributed by atoms with van der Waals surface area (Å²) in [5, 5.41) is 5.38. The Bertz CT molecular complexity index is 2030. The van der Waals surface area contributed by atoms with Gasteiger partial charge in [0.05, 0.1) is 11.4 Å². The molecule has 2 atom stereocenters. The highest BCUT2D eigenvalue weighted by molar-refractivity contribution is 6.08. The van der Waals surface area contributed by atoms with E-state index < -0.39 is 0 Å². The molecule has 2 unspecified atom stereocenters. The van der Waals surface area contributed by atoms with E-state index in [1.807, 2.05) is 0 Å². The second kappa shape index (κ2) is 8.99. The van der Waals surface area contributed by atoms with Gasteiger partial charge in [-0.3, -0.25) is 0 Å². The Morgan fingerprint density at radius 2 is 1.45 bits per heavy atom. The molecule has 2 aliphatic carbocycles. The van der Waals surface area contributed by atoms with Crippen LogP contribution in [0.4, 0.5) is 0 Å². The molecule has 2 aromatic heterocycles. The highest BCUT2D eigenvalue weighted by atomic mass is 15.0. The minimum Gasteiger partial charge on any atom is -0.333 e. The number of hydrogen-bond donors (Lipinski definition) is 0. The van der Waals surface area contributed by atoms with Crippen molar-refractivity contribution in [1.82, 2.24) is 9.13 Å². The summed E-state index contributed by atoms with van der Waals surface area (Å²) in [5.41, 5.74) is 10.5. The first-order chi connectivity index (χ1) is 19.7. The Morgan fingerprint density at radius 1 is 0.750 bits per heavy atom. The van der Waals surface area contributed by atoms with Crippen molar-refractivity contribution in [3.63, 3.8) is 0 Å². The monoisotopic (exact) mass is 516 g/mol. The third kappa shape index (κ3) is 3.49. The van der Waals surface area contributed by atoms with Crippen molar-refractivity contribution in [2.24, 2.45) is 5.92 Å². The van der Waals surface area contributed by atoms with E-state index in [9.17, 15) is 0 Å². The van der Waals surface area contributed by atoms with Crippen molar-refractivity contribution in [2.75, 3.05) is 0 Å². The predicted molar refractivity (Wildman–Crippen MR) is 169 cm³/mol. The lowest BCUT2D eigenvalue weighted by molar-refractivity contribution is 0.676. The van der Waals surface area contributed by atoms with Crippen LogP contribution in [0.15, 0.2) is 103 Å². The number of aryl methyl sites for hydroxylation is 1. The number of para-hydroxylation sites is 2. The maximum Gasteiger partial charge on any atom is 0.0580 e. The second-order valence-corrected chi connectivity index (χ2v) is 11.5. The highest BCUT2D eigenvalue weighted by Gasteiger charge is 2.25. The zero-order chi connectivity index (χ0) is 26.8. The molecule has 0 bridgehead atoms. The number of nitrogens with zero attached hydrogens (tertiary/aromatic N) is 2. The number of rotatable bonds is 3. The van der Waals surface area contributed by atoms with Crippen molar-refractivity contribution in [1.29, 1.82) is 0 Å². The van der Waals surface area contributed by atoms with Crippen LogP contribution in [0.5, 0.6) is 0 Å². The second-order valence-electron chi connectivity index (χ2n) is 11.5. The third-order valence-electron chi connectivity index (χ3n) is 8.91. The molecular formula is C38H32N2. The van der Waals surface area contributed by atoms with Crippen LogP contribution in [-0.4, -0.2) is 9.13 Å². The van der Waals surface area contributed by atoms with Crippen LogP contribution < -0.4 is 10.6 Å². The first-order valence-corrected chi connectivity index (χ1v) is 14.5. The van der Waals surface area contributed by atoms with Crippen molar-refractivity contribution in [3.8, 4) is 16.8 Å². The molecule has 0 fully saturated rings. The standard InChI is InChI=1S/C38H32N2/c1-25-16-20-32-33-21-19-29(39-34-14-8-6-12-30(34)31-13-7-9-15-35(31)39)24-38(33)40(37(32)22-25)36-23-28(18-17-26(36)2)27-10-4-3-5-11-27/h3-18,20-21,23-25,29H,19,22H2,1-2H3. The topological polar surface area (TPSA) is 9.86 Å². The van der Waals surface area contributed by atoms with Gasteiger partial charge in [0.1, 0.15) is 0 Å². The molecule has 0 spiro atoms. The lowest BCUT2D eigenvalue weighted by Gasteiger charge is -2.21. The Hall–Kier alpha value is -4.56. The van der Waals surface area contributed by atoms with E-state index in [2.05, 4.69) is 144 Å². The van der Waals surface area contributed by atoms with Crippen LogP contribution in [0.3, 0.4) is 0 Å². The van der Waals surface area contributed by atoms with E-state index in [0.717, 1.165) is 12.8 Å². The summed E-state index contributed by atoms with van der Waals surface area (Å²) >= 11 is 0. The Morgan fingerprint density at radius 3 is 2.20 bits per heavy atom. The van der Waals surface area contributed by atoms with Gasteiger partial charge in [0.15, 0.2) is 0 Å². The van der Waals surface area contributed by atoms with Crippen molar-refractivity contribution in [3.05, 3.63) is 131 Å². The molecule has 2 nitrogen and oxygen atoms in total. The summed E-state index contributed by atoms with van der Waals surface area (Å²) < 4.78 is 5.15. The van der Waals surface area contributed by atoms with Gasteiger partial charge in [0.2, 0.25) is 0 Å². The first kappa shape index (κ1) is 23.3. The minimum atomic E-state index is 0.242. The first-order valence-electron chi connectivity index (χ1n) is 14.5. The van der Waals surface area contributed by atoms with Gasteiger partial charge in [-0.1, -0.05) is 104 Å². The largest absolute Gasteiger partial charge is 0.333 e. The maximum absolute atomic E-state index is 2.59. The molecular weight excluding hydrogens is 484 g/mol. The van der Waals surface area contributed by atoms with Gasteiger partial charge in [-0.25, -0.2) is 0 Å². The molecule has 0 saturated heterocycles. The number of allylic oxidation sites excluding steroid dienone is 1. The fourth-order valence-electron chi connectivity index (χ4n) is 6.99. The van der Waals surface area contributed by atoms with Crippen molar-refractivity contribution >= 4 is 40.0 Å². The molecule has 0 saturated carbocycles.